The lowest BCUT2D eigenvalue weighted by Crippen LogP contribution is -2.29. The fourth-order valence-corrected chi connectivity index (χ4v) is 4.39. The summed E-state index contributed by atoms with van der Waals surface area (Å²) in [6.07, 6.45) is 2.03. The standard InChI is InChI=1S/C25H23NO3S/c1-4-26(5-2)16-10-12-20-23(14-16)29-22-13-11-17(30-3)15-21(22)24(20)18-8-6-7-9-19(18)25(27)28/h6-15H,4-5H2,1-3H3/p+1. The second-order valence-electron chi connectivity index (χ2n) is 7.04. The normalized spacial score (nSPS) is 11.2. The fourth-order valence-electron chi connectivity index (χ4n) is 3.95. The first-order valence-corrected chi connectivity index (χ1v) is 11.2. The minimum Gasteiger partial charge on any atom is -0.478 e. The van der Waals surface area contributed by atoms with E-state index in [2.05, 4.69) is 36.6 Å². The van der Waals surface area contributed by atoms with Gasteiger partial charge in [-0.3, -0.25) is 0 Å². The monoisotopic (exact) mass is 418 g/mol. The van der Waals surface area contributed by atoms with Crippen molar-refractivity contribution in [3.8, 4) is 22.5 Å². The molecule has 0 radical (unpaired) electrons. The molecule has 152 valence electrons. The minimum atomic E-state index is -0.937. The van der Waals surface area contributed by atoms with Crippen molar-refractivity contribution in [3.63, 3.8) is 0 Å². The van der Waals surface area contributed by atoms with Crippen LogP contribution in [-0.2, 0) is 0 Å². The van der Waals surface area contributed by atoms with Crippen LogP contribution in [-0.4, -0.2) is 30.4 Å². The van der Waals surface area contributed by atoms with E-state index in [0.717, 1.165) is 51.2 Å². The Bertz CT molecular complexity index is 1280. The second kappa shape index (κ2) is 8.36. The lowest BCUT2D eigenvalue weighted by molar-refractivity contribution is 0.0697. The predicted molar refractivity (Wildman–Crippen MR) is 123 cm³/mol. The Morgan fingerprint density at radius 3 is 2.47 bits per heavy atom. The topological polar surface area (TPSA) is 53.5 Å². The molecule has 4 nitrogen and oxygen atoms in total. The zero-order valence-corrected chi connectivity index (χ0v) is 18.1. The van der Waals surface area contributed by atoms with Crippen LogP contribution in [0.25, 0.3) is 33.4 Å². The summed E-state index contributed by atoms with van der Waals surface area (Å²) in [6.45, 7) is 6.07. The van der Waals surface area contributed by atoms with E-state index >= 15 is 0 Å². The number of hydrogen-bond donors (Lipinski definition) is 1. The number of benzene rings is 3. The summed E-state index contributed by atoms with van der Waals surface area (Å²) >= 11 is 1.65. The number of thioether (sulfide) groups is 1. The van der Waals surface area contributed by atoms with E-state index in [4.69, 9.17) is 4.42 Å². The Morgan fingerprint density at radius 1 is 1.00 bits per heavy atom. The lowest BCUT2D eigenvalue weighted by atomic mass is 9.91. The van der Waals surface area contributed by atoms with Gasteiger partial charge in [0, 0.05) is 27.5 Å². The highest BCUT2D eigenvalue weighted by molar-refractivity contribution is 7.98. The summed E-state index contributed by atoms with van der Waals surface area (Å²) in [5.41, 5.74) is 3.53. The quantitative estimate of drug-likeness (QED) is 0.266. The van der Waals surface area contributed by atoms with Crippen LogP contribution >= 0.6 is 11.8 Å². The van der Waals surface area contributed by atoms with Gasteiger partial charge in [0.15, 0.2) is 0 Å². The maximum atomic E-state index is 12.0. The second-order valence-corrected chi connectivity index (χ2v) is 7.92. The lowest BCUT2D eigenvalue weighted by Gasteiger charge is -2.17. The third-order valence-corrected chi connectivity index (χ3v) is 6.19. The number of hydrogen-bond acceptors (Lipinski definition) is 3. The molecular formula is C25H24NO3S+. The highest BCUT2D eigenvalue weighted by atomic mass is 32.2. The molecular weight excluding hydrogens is 394 g/mol. The summed E-state index contributed by atoms with van der Waals surface area (Å²) in [7, 11) is 0. The van der Waals surface area contributed by atoms with Crippen molar-refractivity contribution in [2.75, 3.05) is 19.3 Å². The van der Waals surface area contributed by atoms with Crippen molar-refractivity contribution in [2.24, 2.45) is 0 Å². The molecule has 0 bridgehead atoms. The maximum Gasteiger partial charge on any atom is 0.336 e. The molecule has 0 saturated heterocycles. The van der Waals surface area contributed by atoms with Gasteiger partial charge in [-0.05, 0) is 56.0 Å². The van der Waals surface area contributed by atoms with Crippen LogP contribution in [0.2, 0.25) is 0 Å². The van der Waals surface area contributed by atoms with E-state index in [1.165, 1.54) is 0 Å². The van der Waals surface area contributed by atoms with Gasteiger partial charge in [0.05, 0.1) is 11.6 Å². The van der Waals surface area contributed by atoms with E-state index in [1.807, 2.05) is 36.6 Å². The third kappa shape index (κ3) is 3.50. The van der Waals surface area contributed by atoms with Gasteiger partial charge in [0.1, 0.15) is 24.4 Å². The molecule has 1 N–H and O–H groups in total. The molecule has 2 aromatic rings. The largest absolute Gasteiger partial charge is 0.478 e. The molecule has 0 unspecified atom stereocenters. The van der Waals surface area contributed by atoms with Crippen molar-refractivity contribution in [1.29, 1.82) is 0 Å². The Kier molecular flexibility index (Phi) is 5.64. The molecule has 1 aliphatic heterocycles. The molecule has 4 rings (SSSR count). The molecule has 1 heterocycles. The number of fused-ring (bicyclic) bond motifs is 2. The smallest absolute Gasteiger partial charge is 0.336 e. The van der Waals surface area contributed by atoms with Crippen LogP contribution in [0.5, 0.6) is 0 Å². The molecule has 2 aromatic carbocycles. The van der Waals surface area contributed by atoms with Crippen LogP contribution in [0.4, 0.5) is 0 Å². The van der Waals surface area contributed by atoms with Crippen LogP contribution < -0.4 is 9.93 Å². The van der Waals surface area contributed by atoms with E-state index in [9.17, 15) is 9.90 Å². The third-order valence-electron chi connectivity index (χ3n) is 5.47. The first-order valence-electron chi connectivity index (χ1n) is 10.0. The molecule has 0 atom stereocenters. The Labute approximate surface area is 179 Å². The summed E-state index contributed by atoms with van der Waals surface area (Å²) in [5.74, 6) is -0.188. The van der Waals surface area contributed by atoms with Gasteiger partial charge in [-0.15, -0.1) is 11.8 Å². The molecule has 1 aliphatic carbocycles. The highest BCUT2D eigenvalue weighted by Crippen LogP contribution is 2.41. The number of carbonyl (C=O) groups is 1. The van der Waals surface area contributed by atoms with E-state index < -0.39 is 5.97 Å². The van der Waals surface area contributed by atoms with Crippen molar-refractivity contribution < 1.29 is 14.3 Å². The average molecular weight is 419 g/mol. The molecule has 0 saturated carbocycles. The first-order chi connectivity index (χ1) is 14.6. The minimum absolute atomic E-state index is 0.286. The zero-order valence-electron chi connectivity index (χ0n) is 17.3. The maximum absolute atomic E-state index is 12.0. The Hall–Kier alpha value is -3.05. The summed E-state index contributed by atoms with van der Waals surface area (Å²) in [5, 5.41) is 11.8. The van der Waals surface area contributed by atoms with Gasteiger partial charge < -0.3 is 9.52 Å². The SMILES string of the molecule is CC[N+](CC)=c1ccc2c(-c3ccccc3C(=O)O)c3cc(SC)ccc3oc-2c1. The van der Waals surface area contributed by atoms with Gasteiger partial charge in [-0.1, -0.05) is 18.2 Å². The average Bonchev–Trinajstić information content (AvgIpc) is 2.77. The molecule has 0 fully saturated rings. The highest BCUT2D eigenvalue weighted by Gasteiger charge is 2.22. The molecule has 2 aliphatic rings. The number of carboxylic acids is 1. The zero-order chi connectivity index (χ0) is 21.3. The van der Waals surface area contributed by atoms with Crippen LogP contribution in [0.1, 0.15) is 24.2 Å². The predicted octanol–water partition coefficient (Wildman–Crippen LogP) is 5.44. The first kappa shape index (κ1) is 20.2. The summed E-state index contributed by atoms with van der Waals surface area (Å²) in [4.78, 5) is 13.1. The van der Waals surface area contributed by atoms with Gasteiger partial charge in [-0.2, -0.15) is 0 Å². The summed E-state index contributed by atoms with van der Waals surface area (Å²) < 4.78 is 8.57. The molecule has 30 heavy (non-hydrogen) atoms. The van der Waals surface area contributed by atoms with Crippen LogP contribution in [0.3, 0.4) is 0 Å². The van der Waals surface area contributed by atoms with E-state index in [1.54, 1.807) is 23.9 Å². The number of carboxylic acid groups (broad SMARTS) is 1. The molecule has 0 spiro atoms. The fraction of sp³-hybridized carbons (Fsp3) is 0.200. The summed E-state index contributed by atoms with van der Waals surface area (Å²) in [6, 6.07) is 19.4. The van der Waals surface area contributed by atoms with Crippen molar-refractivity contribution in [3.05, 3.63) is 71.6 Å². The van der Waals surface area contributed by atoms with Crippen LogP contribution in [0.15, 0.2) is 70.0 Å². The molecule has 5 heteroatoms. The molecule has 0 amide bonds. The van der Waals surface area contributed by atoms with Crippen molar-refractivity contribution >= 4 is 28.7 Å². The Morgan fingerprint density at radius 2 is 1.77 bits per heavy atom. The van der Waals surface area contributed by atoms with Gasteiger partial charge in [0.25, 0.3) is 0 Å². The van der Waals surface area contributed by atoms with Gasteiger partial charge in [-0.25, -0.2) is 9.37 Å². The number of aromatic carboxylic acids is 1. The van der Waals surface area contributed by atoms with E-state index in [0.29, 0.717) is 5.56 Å². The Balaban J connectivity index is 2.18. The number of nitrogens with zero attached hydrogens (tertiary/aromatic N) is 1. The molecule has 0 aromatic heterocycles. The van der Waals surface area contributed by atoms with Crippen molar-refractivity contribution in [2.45, 2.75) is 18.7 Å². The van der Waals surface area contributed by atoms with Gasteiger partial charge >= 0.3 is 5.97 Å². The van der Waals surface area contributed by atoms with Gasteiger partial charge in [0.2, 0.25) is 5.36 Å². The van der Waals surface area contributed by atoms with E-state index in [-0.39, 0.29) is 5.56 Å². The van der Waals surface area contributed by atoms with Crippen LogP contribution in [0, 0.1) is 0 Å². The number of rotatable bonds is 5. The van der Waals surface area contributed by atoms with Crippen molar-refractivity contribution in [1.82, 2.24) is 4.58 Å².